The number of phenols is 1. The Morgan fingerprint density at radius 1 is 1.12 bits per heavy atom. The van der Waals surface area contributed by atoms with Crippen molar-refractivity contribution in [3.8, 4) is 5.75 Å². The molecule has 3 unspecified atom stereocenters. The molecule has 0 radical (unpaired) electrons. The Hall–Kier alpha value is -3.25. The highest BCUT2D eigenvalue weighted by Crippen LogP contribution is 2.57. The smallest absolute Gasteiger partial charge is 0.255 e. The zero-order valence-electron chi connectivity index (χ0n) is 18.0. The Bertz CT molecular complexity index is 1180. The molecule has 3 aliphatic rings. The molecular formula is C22H24N2O9. The van der Waals surface area contributed by atoms with E-state index in [0.717, 1.165) is 0 Å². The van der Waals surface area contributed by atoms with E-state index in [-0.39, 0.29) is 11.1 Å². The van der Waals surface area contributed by atoms with Gasteiger partial charge in [-0.1, -0.05) is 12.1 Å². The second-order valence-corrected chi connectivity index (χ2v) is 9.06. The van der Waals surface area contributed by atoms with Crippen LogP contribution in [-0.2, 0) is 20.0 Å². The Morgan fingerprint density at radius 2 is 1.73 bits per heavy atom. The van der Waals surface area contributed by atoms with Gasteiger partial charge < -0.3 is 36.4 Å². The normalized spacial score (nSPS) is 36.0. The summed E-state index contributed by atoms with van der Waals surface area (Å²) in [5, 5.41) is 66.3. The van der Waals surface area contributed by atoms with Crippen LogP contribution in [0.25, 0.3) is 5.76 Å². The molecule has 0 saturated heterocycles. The number of phenolic OH excluding ortho intramolecular Hbond substituents is 1. The van der Waals surface area contributed by atoms with E-state index in [1.165, 1.54) is 44.1 Å². The van der Waals surface area contributed by atoms with E-state index in [4.69, 9.17) is 5.73 Å². The zero-order valence-corrected chi connectivity index (χ0v) is 18.0. The number of fused-ring (bicyclic) bond motifs is 3. The number of nitrogens with two attached hydrogens (primary N) is 1. The molecule has 0 aromatic heterocycles. The first-order valence-electron chi connectivity index (χ1n) is 10.1. The van der Waals surface area contributed by atoms with Crippen LogP contribution in [0.2, 0.25) is 0 Å². The lowest BCUT2D eigenvalue weighted by molar-refractivity contribution is -0.181. The number of carbonyl (C=O) groups excluding carboxylic acids is 3. The number of hydrogen-bond donors (Lipinski definition) is 7. The summed E-state index contributed by atoms with van der Waals surface area (Å²) in [6, 6.07) is 2.50. The van der Waals surface area contributed by atoms with Gasteiger partial charge in [0, 0.05) is 0 Å². The van der Waals surface area contributed by atoms with Crippen molar-refractivity contribution in [2.45, 2.75) is 30.3 Å². The maximum atomic E-state index is 13.7. The van der Waals surface area contributed by atoms with Crippen LogP contribution in [0.15, 0.2) is 35.1 Å². The van der Waals surface area contributed by atoms with Gasteiger partial charge >= 0.3 is 0 Å². The second kappa shape index (κ2) is 6.87. The number of aromatic hydroxyl groups is 1. The van der Waals surface area contributed by atoms with Gasteiger partial charge in [0.05, 0.1) is 40.7 Å². The standard InChI is InChI=1S/C22H24N2O9/c1-21(32)7-5-4-6-8(25)9(7)15(26)10-12(21)17(28)13-14(24(2)3)16(27)11(20(23)31)19(30)22(13,33)18(10)29/h4-6,12-14,17,25-26,28,30,32-33H,1-3H3,(H2,23,31)/t12?,13?,14-,17?,21+,22-/m1/s1. The van der Waals surface area contributed by atoms with Crippen molar-refractivity contribution >= 4 is 23.2 Å². The van der Waals surface area contributed by atoms with Gasteiger partial charge in [0.15, 0.2) is 11.4 Å². The largest absolute Gasteiger partial charge is 0.508 e. The number of rotatable bonds is 2. The third-order valence-corrected chi connectivity index (χ3v) is 7.03. The molecule has 0 spiro atoms. The number of amides is 1. The number of aliphatic hydroxyl groups excluding tert-OH is 3. The van der Waals surface area contributed by atoms with E-state index in [2.05, 4.69) is 0 Å². The summed E-state index contributed by atoms with van der Waals surface area (Å²) < 4.78 is 0. The first kappa shape index (κ1) is 22.9. The lowest BCUT2D eigenvalue weighted by atomic mass is 9.53. The first-order chi connectivity index (χ1) is 15.2. The molecule has 0 aliphatic heterocycles. The number of ketones is 2. The number of aliphatic hydroxyl groups is 5. The van der Waals surface area contributed by atoms with Crippen molar-refractivity contribution in [2.24, 2.45) is 17.6 Å². The quantitative estimate of drug-likeness (QED) is 0.257. The minimum absolute atomic E-state index is 0.00664. The summed E-state index contributed by atoms with van der Waals surface area (Å²) in [4.78, 5) is 39.9. The summed E-state index contributed by atoms with van der Waals surface area (Å²) >= 11 is 0. The summed E-state index contributed by atoms with van der Waals surface area (Å²) in [5.74, 6) is -9.67. The first-order valence-corrected chi connectivity index (χ1v) is 10.1. The number of benzene rings is 1. The molecule has 1 aromatic carbocycles. The number of nitrogens with zero attached hydrogens (tertiary/aromatic N) is 1. The van der Waals surface area contributed by atoms with Crippen molar-refractivity contribution < 1.29 is 45.0 Å². The van der Waals surface area contributed by atoms with Gasteiger partial charge in [-0.3, -0.25) is 19.3 Å². The minimum atomic E-state index is -3.02. The zero-order chi connectivity index (χ0) is 24.8. The number of carbonyl (C=O) groups is 3. The molecule has 33 heavy (non-hydrogen) atoms. The maximum Gasteiger partial charge on any atom is 0.255 e. The van der Waals surface area contributed by atoms with Crippen molar-refractivity contribution in [2.75, 3.05) is 14.1 Å². The molecule has 0 heterocycles. The predicted octanol–water partition coefficient (Wildman–Crippen LogP) is -1.40. The minimum Gasteiger partial charge on any atom is -0.508 e. The summed E-state index contributed by atoms with van der Waals surface area (Å²) in [5.41, 5.74) is -1.78. The van der Waals surface area contributed by atoms with Gasteiger partial charge in [0.2, 0.25) is 5.78 Å². The maximum absolute atomic E-state index is 13.7. The predicted molar refractivity (Wildman–Crippen MR) is 112 cm³/mol. The molecule has 11 heteroatoms. The number of likely N-dealkylation sites (N-methyl/N-ethyl adjacent to an activating group) is 1. The van der Waals surface area contributed by atoms with Gasteiger partial charge in [-0.25, -0.2) is 0 Å². The van der Waals surface area contributed by atoms with E-state index < -0.39 is 81.1 Å². The topological polar surface area (TPSA) is 202 Å². The third-order valence-electron chi connectivity index (χ3n) is 7.03. The molecule has 1 saturated carbocycles. The van der Waals surface area contributed by atoms with Gasteiger partial charge in [0.25, 0.3) is 5.91 Å². The van der Waals surface area contributed by atoms with Crippen molar-refractivity contribution in [1.29, 1.82) is 0 Å². The Balaban J connectivity index is 2.11. The van der Waals surface area contributed by atoms with Crippen LogP contribution in [0.3, 0.4) is 0 Å². The van der Waals surface area contributed by atoms with E-state index in [9.17, 15) is 45.0 Å². The Kier molecular flexibility index (Phi) is 4.78. The van der Waals surface area contributed by atoms with Crippen LogP contribution in [0.1, 0.15) is 18.1 Å². The lowest BCUT2D eigenvalue weighted by Crippen LogP contribution is -2.71. The molecule has 1 amide bonds. The van der Waals surface area contributed by atoms with E-state index in [1.807, 2.05) is 0 Å². The molecule has 1 fully saturated rings. The average molecular weight is 460 g/mol. The van der Waals surface area contributed by atoms with E-state index in [0.29, 0.717) is 0 Å². The fourth-order valence-electron chi connectivity index (χ4n) is 5.60. The van der Waals surface area contributed by atoms with Gasteiger partial charge in [-0.15, -0.1) is 0 Å². The van der Waals surface area contributed by atoms with Crippen LogP contribution < -0.4 is 5.73 Å². The third kappa shape index (κ3) is 2.61. The fraction of sp³-hybridized carbons (Fsp3) is 0.409. The van der Waals surface area contributed by atoms with Crippen molar-refractivity contribution in [1.82, 2.24) is 4.90 Å². The second-order valence-electron chi connectivity index (χ2n) is 9.06. The number of primary amides is 1. The average Bonchev–Trinajstić information content (AvgIpc) is 2.70. The highest BCUT2D eigenvalue weighted by molar-refractivity contribution is 6.24. The Morgan fingerprint density at radius 3 is 2.27 bits per heavy atom. The van der Waals surface area contributed by atoms with Gasteiger partial charge in [0.1, 0.15) is 22.8 Å². The molecule has 8 N–H and O–H groups in total. The highest BCUT2D eigenvalue weighted by atomic mass is 16.4. The van der Waals surface area contributed by atoms with Crippen LogP contribution in [0.5, 0.6) is 5.75 Å². The molecule has 3 aliphatic carbocycles. The highest BCUT2D eigenvalue weighted by Gasteiger charge is 2.70. The molecule has 0 bridgehead atoms. The molecule has 6 atom stereocenters. The van der Waals surface area contributed by atoms with E-state index in [1.54, 1.807) is 0 Å². The van der Waals surface area contributed by atoms with Crippen LogP contribution in [-0.4, -0.2) is 84.9 Å². The molecule has 11 nitrogen and oxygen atoms in total. The molecular weight excluding hydrogens is 436 g/mol. The van der Waals surface area contributed by atoms with Crippen LogP contribution in [0, 0.1) is 11.8 Å². The molecule has 4 rings (SSSR count). The summed E-state index contributed by atoms with van der Waals surface area (Å²) in [6.07, 6.45) is -1.87. The van der Waals surface area contributed by atoms with Gasteiger partial charge in [-0.2, -0.15) is 0 Å². The van der Waals surface area contributed by atoms with Crippen LogP contribution in [0.4, 0.5) is 0 Å². The SMILES string of the molecule is CN(C)[C@H]1C(=O)C(C(N)=O)=C(O)[C@]2(O)C(=O)C3=C(O)c4c(O)cccc4[C@](C)(O)C3C(O)C12. The van der Waals surface area contributed by atoms with Crippen molar-refractivity contribution in [3.05, 3.63) is 46.2 Å². The summed E-state index contributed by atoms with van der Waals surface area (Å²) in [6.45, 7) is 1.25. The van der Waals surface area contributed by atoms with E-state index >= 15 is 0 Å². The van der Waals surface area contributed by atoms with Crippen LogP contribution >= 0.6 is 0 Å². The Labute approximate surface area is 187 Å². The number of hydrogen-bond acceptors (Lipinski definition) is 10. The van der Waals surface area contributed by atoms with Gasteiger partial charge in [-0.05, 0) is 32.6 Å². The lowest BCUT2D eigenvalue weighted by Gasteiger charge is -2.55. The fourth-order valence-corrected chi connectivity index (χ4v) is 5.60. The van der Waals surface area contributed by atoms with Crippen molar-refractivity contribution in [3.63, 3.8) is 0 Å². The summed E-state index contributed by atoms with van der Waals surface area (Å²) in [7, 11) is 2.80. The number of Topliss-reactive ketones (excluding diaryl/α,β-unsaturated/α-hetero) is 2. The molecule has 176 valence electrons. The molecule has 1 aromatic rings. The monoisotopic (exact) mass is 460 g/mol.